The van der Waals surface area contributed by atoms with Crippen molar-refractivity contribution in [2.75, 3.05) is 25.6 Å². The molecule has 2 aromatic carbocycles. The number of anilines is 1. The van der Waals surface area contributed by atoms with Crippen molar-refractivity contribution in [2.45, 2.75) is 6.92 Å². The van der Waals surface area contributed by atoms with Crippen molar-refractivity contribution in [1.82, 2.24) is 0 Å². The van der Waals surface area contributed by atoms with Gasteiger partial charge in [-0.05, 0) is 55.0 Å². The van der Waals surface area contributed by atoms with E-state index in [0.717, 1.165) is 4.47 Å². The number of carbonyl (C=O) groups excluding carboxylic acids is 2. The first-order valence-electron chi connectivity index (χ1n) is 8.62. The molecular weight excluding hydrogens is 440 g/mol. The zero-order valence-electron chi connectivity index (χ0n) is 15.9. The standard InChI is InChI=1S/C21H19BrN2O5/c1-3-28-19-11-14(4-9-18(19)29-13-20(25)27-2)10-15(12-23)21(26)24-17-7-5-16(22)6-8-17/h4-11H,3,13H2,1-2H3,(H,24,26)/b15-10-. The maximum absolute atomic E-state index is 12.4. The van der Waals surface area contributed by atoms with E-state index in [0.29, 0.717) is 29.4 Å². The quantitative estimate of drug-likeness (QED) is 0.365. The highest BCUT2D eigenvalue weighted by atomic mass is 79.9. The normalized spacial score (nSPS) is 10.6. The lowest BCUT2D eigenvalue weighted by atomic mass is 10.1. The number of carbonyl (C=O) groups is 2. The van der Waals surface area contributed by atoms with E-state index in [4.69, 9.17) is 9.47 Å². The molecule has 150 valence electrons. The minimum Gasteiger partial charge on any atom is -0.490 e. The predicted octanol–water partition coefficient (Wildman–Crippen LogP) is 3.95. The Morgan fingerprint density at radius 2 is 1.86 bits per heavy atom. The second kappa shape index (κ2) is 10.9. The fourth-order valence-corrected chi connectivity index (χ4v) is 2.51. The molecule has 0 fully saturated rings. The summed E-state index contributed by atoms with van der Waals surface area (Å²) in [7, 11) is 1.27. The summed E-state index contributed by atoms with van der Waals surface area (Å²) in [5.41, 5.74) is 1.07. The summed E-state index contributed by atoms with van der Waals surface area (Å²) in [6.45, 7) is 1.92. The lowest BCUT2D eigenvalue weighted by Gasteiger charge is -2.12. The number of nitriles is 1. The van der Waals surface area contributed by atoms with Crippen LogP contribution in [0.1, 0.15) is 12.5 Å². The Morgan fingerprint density at radius 3 is 2.48 bits per heavy atom. The van der Waals surface area contributed by atoms with Crippen molar-refractivity contribution in [3.8, 4) is 17.6 Å². The van der Waals surface area contributed by atoms with Crippen LogP contribution in [0.15, 0.2) is 52.5 Å². The Bertz CT molecular complexity index is 949. The van der Waals surface area contributed by atoms with Gasteiger partial charge in [-0.15, -0.1) is 0 Å². The third-order valence-electron chi connectivity index (χ3n) is 3.62. The molecule has 0 aliphatic heterocycles. The van der Waals surface area contributed by atoms with Crippen LogP contribution in [0.25, 0.3) is 6.08 Å². The smallest absolute Gasteiger partial charge is 0.343 e. The molecule has 0 saturated heterocycles. The minimum atomic E-state index is -0.529. The maximum atomic E-state index is 12.4. The number of nitrogens with one attached hydrogen (secondary N) is 1. The molecule has 0 atom stereocenters. The molecule has 0 radical (unpaired) electrons. The van der Waals surface area contributed by atoms with Gasteiger partial charge in [0.05, 0.1) is 13.7 Å². The van der Waals surface area contributed by atoms with Gasteiger partial charge in [-0.3, -0.25) is 4.79 Å². The van der Waals surface area contributed by atoms with Crippen LogP contribution in [-0.2, 0) is 14.3 Å². The average molecular weight is 459 g/mol. The highest BCUT2D eigenvalue weighted by Crippen LogP contribution is 2.29. The van der Waals surface area contributed by atoms with Gasteiger partial charge in [0.1, 0.15) is 11.6 Å². The van der Waals surface area contributed by atoms with Gasteiger partial charge in [0, 0.05) is 10.2 Å². The predicted molar refractivity (Wildman–Crippen MR) is 111 cm³/mol. The number of hydrogen-bond acceptors (Lipinski definition) is 6. The number of nitrogens with zero attached hydrogens (tertiary/aromatic N) is 1. The maximum Gasteiger partial charge on any atom is 0.343 e. The van der Waals surface area contributed by atoms with Gasteiger partial charge in [-0.2, -0.15) is 5.26 Å². The Hall–Kier alpha value is -3.31. The second-order valence-electron chi connectivity index (χ2n) is 5.63. The lowest BCUT2D eigenvalue weighted by molar-refractivity contribution is -0.142. The van der Waals surface area contributed by atoms with Crippen LogP contribution >= 0.6 is 15.9 Å². The highest BCUT2D eigenvalue weighted by molar-refractivity contribution is 9.10. The van der Waals surface area contributed by atoms with Crippen molar-refractivity contribution in [3.05, 3.63) is 58.1 Å². The third-order valence-corrected chi connectivity index (χ3v) is 4.15. The molecule has 0 heterocycles. The van der Waals surface area contributed by atoms with Crippen molar-refractivity contribution < 1.29 is 23.8 Å². The van der Waals surface area contributed by atoms with Gasteiger partial charge < -0.3 is 19.5 Å². The van der Waals surface area contributed by atoms with E-state index < -0.39 is 11.9 Å². The highest BCUT2D eigenvalue weighted by Gasteiger charge is 2.12. The fraction of sp³-hybridized carbons (Fsp3) is 0.190. The van der Waals surface area contributed by atoms with E-state index in [2.05, 4.69) is 26.0 Å². The second-order valence-corrected chi connectivity index (χ2v) is 6.55. The number of amides is 1. The molecule has 0 aromatic heterocycles. The summed E-state index contributed by atoms with van der Waals surface area (Å²) in [5, 5.41) is 12.1. The van der Waals surface area contributed by atoms with Crippen molar-refractivity contribution in [3.63, 3.8) is 0 Å². The van der Waals surface area contributed by atoms with Gasteiger partial charge in [0.25, 0.3) is 5.91 Å². The number of halogens is 1. The Labute approximate surface area is 177 Å². The first-order chi connectivity index (χ1) is 14.0. The van der Waals surface area contributed by atoms with Crippen LogP contribution in [0.2, 0.25) is 0 Å². The van der Waals surface area contributed by atoms with E-state index in [9.17, 15) is 14.9 Å². The molecule has 7 nitrogen and oxygen atoms in total. The Morgan fingerprint density at radius 1 is 1.14 bits per heavy atom. The zero-order valence-corrected chi connectivity index (χ0v) is 17.5. The summed E-state index contributed by atoms with van der Waals surface area (Å²) in [6, 6.07) is 13.8. The van der Waals surface area contributed by atoms with E-state index >= 15 is 0 Å². The summed E-state index contributed by atoms with van der Waals surface area (Å²) in [4.78, 5) is 23.7. The van der Waals surface area contributed by atoms with Crippen molar-refractivity contribution in [1.29, 1.82) is 5.26 Å². The first-order valence-corrected chi connectivity index (χ1v) is 9.41. The van der Waals surface area contributed by atoms with Crippen LogP contribution in [0, 0.1) is 11.3 Å². The largest absolute Gasteiger partial charge is 0.490 e. The number of methoxy groups -OCH3 is 1. The molecule has 2 aromatic rings. The SMILES string of the molecule is CCOc1cc(/C=C(/C#N)C(=O)Nc2ccc(Br)cc2)ccc1OCC(=O)OC. The molecule has 8 heteroatoms. The van der Waals surface area contributed by atoms with Crippen LogP contribution in [0.5, 0.6) is 11.5 Å². The molecule has 29 heavy (non-hydrogen) atoms. The number of hydrogen-bond donors (Lipinski definition) is 1. The number of rotatable bonds is 8. The van der Waals surface area contributed by atoms with Crippen LogP contribution in [0.3, 0.4) is 0 Å². The van der Waals surface area contributed by atoms with E-state index in [1.165, 1.54) is 13.2 Å². The van der Waals surface area contributed by atoms with Gasteiger partial charge in [-0.1, -0.05) is 22.0 Å². The molecule has 0 spiro atoms. The number of ether oxygens (including phenoxy) is 3. The van der Waals surface area contributed by atoms with Crippen molar-refractivity contribution in [2.24, 2.45) is 0 Å². The average Bonchev–Trinajstić information content (AvgIpc) is 2.72. The van der Waals surface area contributed by atoms with Crippen molar-refractivity contribution >= 4 is 39.6 Å². The Kier molecular flexibility index (Phi) is 8.25. The molecule has 0 aliphatic rings. The summed E-state index contributed by atoms with van der Waals surface area (Å²) >= 11 is 3.32. The van der Waals surface area contributed by atoms with Gasteiger partial charge in [-0.25, -0.2) is 4.79 Å². The summed E-state index contributed by atoms with van der Waals surface area (Å²) < 4.78 is 16.4. The molecule has 1 amide bonds. The molecule has 0 aliphatic carbocycles. The summed E-state index contributed by atoms with van der Waals surface area (Å²) in [5.74, 6) is -0.311. The molecule has 0 bridgehead atoms. The van der Waals surface area contributed by atoms with E-state index in [1.807, 2.05) is 6.07 Å². The van der Waals surface area contributed by atoms with Gasteiger partial charge >= 0.3 is 5.97 Å². The molecule has 0 saturated carbocycles. The monoisotopic (exact) mass is 458 g/mol. The Balaban J connectivity index is 2.21. The topological polar surface area (TPSA) is 97.6 Å². The van der Waals surface area contributed by atoms with E-state index in [1.54, 1.807) is 49.4 Å². The van der Waals surface area contributed by atoms with Gasteiger partial charge in [0.15, 0.2) is 18.1 Å². The van der Waals surface area contributed by atoms with Crippen LogP contribution < -0.4 is 14.8 Å². The van der Waals surface area contributed by atoms with Gasteiger partial charge in [0.2, 0.25) is 0 Å². The third kappa shape index (κ3) is 6.66. The van der Waals surface area contributed by atoms with E-state index in [-0.39, 0.29) is 12.2 Å². The lowest BCUT2D eigenvalue weighted by Crippen LogP contribution is -2.13. The molecule has 0 unspecified atom stereocenters. The zero-order chi connectivity index (χ0) is 21.2. The number of benzene rings is 2. The first kappa shape index (κ1) is 22.0. The molecular formula is C21H19BrN2O5. The molecule has 2 rings (SSSR count). The summed E-state index contributed by atoms with van der Waals surface area (Å²) in [6.07, 6.45) is 1.45. The number of esters is 1. The van der Waals surface area contributed by atoms with Crippen LogP contribution in [0.4, 0.5) is 5.69 Å². The fourth-order valence-electron chi connectivity index (χ4n) is 2.24. The molecule has 1 N–H and O–H groups in total. The minimum absolute atomic E-state index is 0.0707. The van der Waals surface area contributed by atoms with Crippen LogP contribution in [-0.4, -0.2) is 32.2 Å².